The van der Waals surface area contributed by atoms with Crippen molar-refractivity contribution in [1.29, 1.82) is 0 Å². The number of carboxylic acid groups (broad SMARTS) is 1. The minimum atomic E-state index is -1.24. The molecule has 232 valence electrons. The SMILES string of the molecule is O=[C-]Oc1ccc(/C=C/C(=O)/C=C/c2ccc(C(=O)[O-])cc2)cc1.[Li+].[Li+].[Na+].[Na+].[c-]1ccc(/C=C/C2(/C=C/c3cc[c-]cc3)OCCCO2)cc1. The first-order chi connectivity index (χ1) is 22.4. The maximum atomic E-state index is 11.8. The number of ether oxygens (including phenoxy) is 3. The second kappa shape index (κ2) is 26.4. The van der Waals surface area contributed by atoms with E-state index in [-0.39, 0.29) is 108 Å². The summed E-state index contributed by atoms with van der Waals surface area (Å²) in [5.74, 6) is -1.89. The summed E-state index contributed by atoms with van der Waals surface area (Å²) in [6.45, 7) is 2.72. The molecule has 0 aromatic heterocycles. The van der Waals surface area contributed by atoms with Crippen molar-refractivity contribution >= 4 is 42.5 Å². The molecule has 0 amide bonds. The van der Waals surface area contributed by atoms with Gasteiger partial charge in [0.2, 0.25) is 5.79 Å². The standard InChI is InChI=1S/C20H18O2.C19H13O5.2Li.2Na/c1-3-8-18(9-4-1)12-14-20(21-16-7-17-22-20)15-13-19-10-5-2-6-11-19;20-13-24-18-11-5-15(6-12-18)4-10-17(21)9-3-14-1-7-16(8-2-14)19(22)23;;;;/h3-6,8-15H,7,16-17H2;1-12H,(H,22,23);;;;/q-2;-1;4*+1/p-1/b14-12+,15-13+;9-3+,10-4+;;;;. The molecule has 0 N–H and O–H groups in total. The van der Waals surface area contributed by atoms with Crippen LogP contribution in [0.3, 0.4) is 0 Å². The zero-order valence-electron chi connectivity index (χ0n) is 28.8. The van der Waals surface area contributed by atoms with E-state index in [0.29, 0.717) is 24.5 Å². The Morgan fingerprint density at radius 2 is 1.10 bits per heavy atom. The van der Waals surface area contributed by atoms with E-state index in [9.17, 15) is 19.5 Å². The molecule has 0 radical (unpaired) electrons. The zero-order valence-corrected chi connectivity index (χ0v) is 32.8. The summed E-state index contributed by atoms with van der Waals surface area (Å²) >= 11 is 0. The number of benzene rings is 4. The Morgan fingerprint density at radius 1 is 0.680 bits per heavy atom. The maximum absolute atomic E-state index is 11.8. The van der Waals surface area contributed by atoms with Gasteiger partial charge in [-0.15, -0.1) is 23.3 Å². The van der Waals surface area contributed by atoms with Gasteiger partial charge < -0.3 is 28.9 Å². The summed E-state index contributed by atoms with van der Waals surface area (Å²) in [4.78, 5) is 32.5. The van der Waals surface area contributed by atoms with Gasteiger partial charge in [0, 0.05) is 0 Å². The minimum absolute atomic E-state index is 0. The van der Waals surface area contributed by atoms with Crippen molar-refractivity contribution < 1.29 is 131 Å². The van der Waals surface area contributed by atoms with Gasteiger partial charge in [0.15, 0.2) is 12.3 Å². The number of carbonyl (C=O) groups excluding carboxylic acids is 3. The summed E-state index contributed by atoms with van der Waals surface area (Å²) in [5.41, 5.74) is 3.75. The molecule has 4 aromatic carbocycles. The van der Waals surface area contributed by atoms with Crippen molar-refractivity contribution in [1.82, 2.24) is 0 Å². The molecule has 11 heteroatoms. The molecule has 0 bridgehead atoms. The minimum Gasteiger partial charge on any atom is -0.610 e. The third-order valence-electron chi connectivity index (χ3n) is 6.51. The summed E-state index contributed by atoms with van der Waals surface area (Å²) in [5, 5.41) is 10.6. The van der Waals surface area contributed by atoms with Crippen molar-refractivity contribution in [3.05, 3.63) is 161 Å². The van der Waals surface area contributed by atoms with Crippen LogP contribution in [0.15, 0.2) is 121 Å². The molecule has 7 nitrogen and oxygen atoms in total. The van der Waals surface area contributed by atoms with Gasteiger partial charge in [0.25, 0.3) is 0 Å². The summed E-state index contributed by atoms with van der Waals surface area (Å²) in [6.07, 6.45) is 14.9. The molecule has 0 atom stereocenters. The Hall–Kier alpha value is -2.44. The molecule has 1 heterocycles. The van der Waals surface area contributed by atoms with Crippen LogP contribution in [-0.2, 0) is 19.1 Å². The smallest absolute Gasteiger partial charge is 0.610 e. The molecule has 0 aliphatic carbocycles. The van der Waals surface area contributed by atoms with Crippen LogP contribution in [0, 0.1) is 12.1 Å². The molecule has 0 saturated carbocycles. The average Bonchev–Trinajstić information content (AvgIpc) is 3.11. The van der Waals surface area contributed by atoms with E-state index in [1.165, 1.54) is 30.8 Å². The zero-order chi connectivity index (χ0) is 32.5. The topological polar surface area (TPSA) is 102 Å². The number of rotatable bonds is 11. The van der Waals surface area contributed by atoms with Crippen molar-refractivity contribution in [2.24, 2.45) is 0 Å². The van der Waals surface area contributed by atoms with Gasteiger partial charge in [-0.1, -0.05) is 60.7 Å². The first-order valence-electron chi connectivity index (χ1n) is 14.4. The van der Waals surface area contributed by atoms with Gasteiger partial charge in [0.1, 0.15) is 0 Å². The van der Waals surface area contributed by atoms with Gasteiger partial charge >= 0.3 is 96.8 Å². The van der Waals surface area contributed by atoms with Crippen LogP contribution in [0.2, 0.25) is 0 Å². The van der Waals surface area contributed by atoms with Crippen LogP contribution in [0.25, 0.3) is 24.3 Å². The number of hydrogen-bond acceptors (Lipinski definition) is 7. The van der Waals surface area contributed by atoms with Crippen LogP contribution in [0.1, 0.15) is 39.0 Å². The molecular weight excluding hydrogens is 640 g/mol. The van der Waals surface area contributed by atoms with E-state index in [4.69, 9.17) is 9.47 Å². The van der Waals surface area contributed by atoms with Gasteiger partial charge in [-0.25, -0.2) is 0 Å². The van der Waals surface area contributed by atoms with Crippen molar-refractivity contribution in [2.45, 2.75) is 12.2 Å². The first-order valence-corrected chi connectivity index (χ1v) is 14.4. The van der Waals surface area contributed by atoms with E-state index in [1.54, 1.807) is 48.6 Å². The summed E-state index contributed by atoms with van der Waals surface area (Å²) in [6, 6.07) is 34.2. The van der Waals surface area contributed by atoms with E-state index >= 15 is 0 Å². The Bertz CT molecular complexity index is 1630. The molecule has 0 spiro atoms. The van der Waals surface area contributed by atoms with E-state index in [1.807, 2.05) is 72.8 Å². The number of carboxylic acids is 1. The van der Waals surface area contributed by atoms with Crippen LogP contribution < -0.4 is 107 Å². The second-order valence-corrected chi connectivity index (χ2v) is 9.84. The van der Waals surface area contributed by atoms with E-state index < -0.39 is 11.8 Å². The van der Waals surface area contributed by atoms with Gasteiger partial charge in [-0.3, -0.25) is 4.79 Å². The number of hydrogen-bond donors (Lipinski definition) is 0. The molecular formula is C39H30Li2Na2O7. The molecule has 0 unspecified atom stereocenters. The largest absolute Gasteiger partial charge is 1.00 e. The van der Waals surface area contributed by atoms with Crippen LogP contribution >= 0.6 is 0 Å². The molecule has 1 fully saturated rings. The number of allylic oxidation sites excluding steroid dienone is 2. The predicted octanol–water partition coefficient (Wildman–Crippen LogP) is -6.05. The van der Waals surface area contributed by atoms with Gasteiger partial charge in [0.05, 0.1) is 19.2 Å². The molecule has 1 aliphatic heterocycles. The Kier molecular flexibility index (Phi) is 25.1. The van der Waals surface area contributed by atoms with Crippen LogP contribution in [0.5, 0.6) is 5.75 Å². The number of aromatic carboxylic acids is 1. The van der Waals surface area contributed by atoms with Crippen LogP contribution in [0.4, 0.5) is 0 Å². The molecule has 4 aromatic rings. The van der Waals surface area contributed by atoms with Crippen LogP contribution in [-0.4, -0.2) is 37.2 Å². The molecule has 1 aliphatic rings. The van der Waals surface area contributed by atoms with Crippen molar-refractivity contribution in [2.75, 3.05) is 13.2 Å². The monoisotopic (exact) mass is 670 g/mol. The Labute approximate surface area is 361 Å². The Morgan fingerprint density at radius 3 is 1.52 bits per heavy atom. The molecule has 1 saturated heterocycles. The summed E-state index contributed by atoms with van der Waals surface area (Å²) < 4.78 is 16.3. The number of ketones is 1. The number of carbonyl (C=O) groups is 2. The molecule has 5 rings (SSSR count). The van der Waals surface area contributed by atoms with E-state index in [2.05, 4.69) is 16.9 Å². The average molecular weight is 671 g/mol. The van der Waals surface area contributed by atoms with E-state index in [0.717, 1.165) is 23.1 Å². The summed E-state index contributed by atoms with van der Waals surface area (Å²) in [7, 11) is 0. The third kappa shape index (κ3) is 17.2. The van der Waals surface area contributed by atoms with Crippen molar-refractivity contribution in [3.8, 4) is 5.75 Å². The van der Waals surface area contributed by atoms with Crippen molar-refractivity contribution in [3.63, 3.8) is 0 Å². The fourth-order valence-corrected chi connectivity index (χ4v) is 4.10. The Balaban J connectivity index is 0.000000891. The first kappa shape index (κ1) is 47.6. The molecule has 50 heavy (non-hydrogen) atoms. The second-order valence-electron chi connectivity index (χ2n) is 9.84. The fraction of sp³-hybridized carbons (Fsp3) is 0.103. The van der Waals surface area contributed by atoms with Gasteiger partial charge in [-0.2, -0.15) is 60.7 Å². The third-order valence-corrected chi connectivity index (χ3v) is 6.51. The fourth-order valence-electron chi connectivity index (χ4n) is 4.10. The quantitative estimate of drug-likeness (QED) is 0.0891. The van der Waals surface area contributed by atoms with Gasteiger partial charge in [-0.05, 0) is 53.2 Å². The predicted molar refractivity (Wildman–Crippen MR) is 174 cm³/mol. The normalized spacial score (nSPS) is 13.1. The maximum Gasteiger partial charge on any atom is 1.00 e.